The summed E-state index contributed by atoms with van der Waals surface area (Å²) in [4.78, 5) is 79.7. The third-order valence-electron chi connectivity index (χ3n) is 27.0. The van der Waals surface area contributed by atoms with E-state index in [1.807, 2.05) is 0 Å². The van der Waals surface area contributed by atoms with Crippen LogP contribution in [0.15, 0.2) is 25.3 Å². The van der Waals surface area contributed by atoms with Crippen LogP contribution in [0.4, 0.5) is 0 Å². The summed E-state index contributed by atoms with van der Waals surface area (Å²) in [6.07, 6.45) is 48.7. The minimum Gasteiger partial charge on any atom is -0.465 e. The zero-order valence-electron chi connectivity index (χ0n) is 69.5. The number of carbonyl (C=O) groups excluding carboxylic acids is 6. The lowest BCUT2D eigenvalue weighted by Crippen LogP contribution is -2.44. The van der Waals surface area contributed by atoms with E-state index in [-0.39, 0.29) is 77.8 Å². The fraction of sp³-hybridized carbons (Fsp3) is 0.889. The zero-order valence-corrected chi connectivity index (χ0v) is 71.5. The summed E-state index contributed by atoms with van der Waals surface area (Å²) < 4.78 is 68.2. The maximum Gasteiger partial charge on any atom is 0.330 e. The lowest BCUT2D eigenvalue weighted by Gasteiger charge is -2.46. The molecule has 17 nitrogen and oxygen atoms in total. The van der Waals surface area contributed by atoms with E-state index in [1.165, 1.54) is 115 Å². The van der Waals surface area contributed by atoms with Gasteiger partial charge in [0.1, 0.15) is 12.2 Å². The zero-order chi connectivity index (χ0) is 77.6. The highest BCUT2D eigenvalue weighted by molar-refractivity contribution is 6.84. The van der Waals surface area contributed by atoms with Gasteiger partial charge in [-0.2, -0.15) is 0 Å². The van der Waals surface area contributed by atoms with Crippen LogP contribution < -0.4 is 0 Å². The monoisotopic (exact) mass is 1560 g/mol. The first kappa shape index (κ1) is 91.1. The number of fused-ring (bicyclic) bond motifs is 2. The fourth-order valence-corrected chi connectivity index (χ4v) is 29.8. The van der Waals surface area contributed by atoms with E-state index < -0.39 is 28.7 Å². The summed E-state index contributed by atoms with van der Waals surface area (Å²) in [5.41, 5.74) is 0. The molecule has 0 bridgehead atoms. The predicted molar refractivity (Wildman–Crippen MR) is 434 cm³/mol. The molecule has 19 heteroatoms. The number of carbonyl (C=O) groups is 6. The third-order valence-corrected chi connectivity index (χ3v) is 34.6. The van der Waals surface area contributed by atoms with Crippen molar-refractivity contribution in [1.82, 2.24) is 0 Å². The quantitative estimate of drug-likeness (QED) is 0.0183. The van der Waals surface area contributed by atoms with Gasteiger partial charge in [0, 0.05) is 38.6 Å². The molecule has 0 aromatic carbocycles. The first-order valence-electron chi connectivity index (χ1n) is 45.3. The van der Waals surface area contributed by atoms with Crippen LogP contribution in [-0.2, 0) is 80.3 Å². The number of esters is 6. The number of unbranched alkanes of at least 4 members (excludes halogenated alkanes) is 14. The lowest BCUT2D eigenvalue weighted by molar-refractivity contribution is -0.171. The Morgan fingerprint density at radius 3 is 1.13 bits per heavy atom. The minimum atomic E-state index is -2.09. The van der Waals surface area contributed by atoms with Crippen LogP contribution in [0.1, 0.15) is 309 Å². The van der Waals surface area contributed by atoms with Gasteiger partial charge in [-0.1, -0.05) is 91.2 Å². The molecule has 14 atom stereocenters. The molecule has 14 unspecified atom stereocenters. The Kier molecular flexibility index (Phi) is 41.9. The molecule has 0 N–H and O–H groups in total. The Morgan fingerprint density at radius 2 is 0.661 bits per heavy atom. The van der Waals surface area contributed by atoms with E-state index in [1.54, 1.807) is 0 Å². The second kappa shape index (κ2) is 50.1. The molecule has 8 aliphatic carbocycles. The number of hydrogen-bond donors (Lipinski definition) is 0. The molecule has 0 aromatic rings. The second-order valence-corrected chi connectivity index (χ2v) is 45.2. The Labute approximate surface area is 662 Å². The molecule has 0 aromatic heterocycles. The smallest absolute Gasteiger partial charge is 0.330 e. The molecular weight excluding hydrogens is 1410 g/mol. The van der Waals surface area contributed by atoms with Gasteiger partial charge in [0.15, 0.2) is 16.6 Å². The van der Waals surface area contributed by atoms with Crippen LogP contribution in [0, 0.1) is 71.0 Å². The van der Waals surface area contributed by atoms with Crippen molar-refractivity contribution in [3.8, 4) is 0 Å². The van der Waals surface area contributed by atoms with Gasteiger partial charge in [-0.05, 0) is 317 Å². The predicted octanol–water partition coefficient (Wildman–Crippen LogP) is 20.8. The third kappa shape index (κ3) is 33.0. The normalized spacial score (nSPS) is 30.2. The minimum absolute atomic E-state index is 0.108. The van der Waals surface area contributed by atoms with Crippen LogP contribution in [0.25, 0.3) is 0 Å². The summed E-state index contributed by atoms with van der Waals surface area (Å²) in [7, 11) is -4.17. The van der Waals surface area contributed by atoms with Crippen LogP contribution in [-0.4, -0.2) is 142 Å². The average molecular weight is 1560 g/mol. The Hall–Kier alpha value is -3.47. The van der Waals surface area contributed by atoms with Crippen LogP contribution in [0.3, 0.4) is 0 Å². The van der Waals surface area contributed by atoms with Crippen molar-refractivity contribution in [2.45, 2.75) is 384 Å². The van der Waals surface area contributed by atoms with Crippen molar-refractivity contribution in [1.29, 1.82) is 0 Å². The standard InChI is InChI=1S/C90H154O17Si2/c1-9-13-15-21-53-99-78-46-39-70-61-69(31-32-72(70)63-78)74-41-50-84(106-88(94)68-37-44-77(45-38-68)98-52-24-18-20-26-56-102-86(92)12-4)83(65-74)90(96)104-58-28-30-60-109(7,8)107-108(5,6)59-29-27-57-103-89(95)82-66-80(105-87(93)67-35-42-76(43-36-67)97-51-23-17-19-25-55-101-85(91)11-3)48-49-81(82)75-34-33-73-64-79(47-40-71(73)62-75)100-54-22-16-14-10-2/h11-12,67-84H,3-4,9-10,13-66H2,1-2,5-8H3. The molecule has 0 spiro atoms. The van der Waals surface area contributed by atoms with Gasteiger partial charge in [-0.25, -0.2) is 9.59 Å². The average Bonchev–Trinajstić information content (AvgIpc) is 0.785. The van der Waals surface area contributed by atoms with Crippen molar-refractivity contribution in [3.63, 3.8) is 0 Å². The topological polar surface area (TPSA) is 204 Å². The highest BCUT2D eigenvalue weighted by atomic mass is 28.4. The maximum atomic E-state index is 14.6. The molecule has 8 aliphatic rings. The van der Waals surface area contributed by atoms with Gasteiger partial charge >= 0.3 is 35.8 Å². The van der Waals surface area contributed by atoms with Gasteiger partial charge in [-0.3, -0.25) is 19.2 Å². The Bertz CT molecular complexity index is 2640. The first-order valence-corrected chi connectivity index (χ1v) is 51.5. The van der Waals surface area contributed by atoms with E-state index in [9.17, 15) is 28.8 Å². The lowest BCUT2D eigenvalue weighted by atomic mass is 9.60. The molecule has 8 fully saturated rings. The van der Waals surface area contributed by atoms with E-state index in [4.69, 9.17) is 51.5 Å². The summed E-state index contributed by atoms with van der Waals surface area (Å²) in [5.74, 6) is 2.10. The van der Waals surface area contributed by atoms with Crippen molar-refractivity contribution in [2.24, 2.45) is 71.0 Å². The molecule has 8 saturated carbocycles. The molecule has 624 valence electrons. The van der Waals surface area contributed by atoms with Gasteiger partial charge in [0.25, 0.3) is 0 Å². The van der Waals surface area contributed by atoms with Crippen LogP contribution in [0.2, 0.25) is 38.3 Å². The fourth-order valence-electron chi connectivity index (χ4n) is 20.8. The molecule has 0 saturated heterocycles. The number of ether oxygens (including phenoxy) is 10. The van der Waals surface area contributed by atoms with E-state index in [0.717, 1.165) is 217 Å². The summed E-state index contributed by atoms with van der Waals surface area (Å²) in [5, 5.41) is 0. The number of hydrogen-bond acceptors (Lipinski definition) is 17. The highest BCUT2D eigenvalue weighted by Crippen LogP contribution is 2.52. The molecule has 8 rings (SSSR count). The van der Waals surface area contributed by atoms with Gasteiger partial charge in [-0.15, -0.1) is 0 Å². The molecule has 0 radical (unpaired) electrons. The van der Waals surface area contributed by atoms with Gasteiger partial charge < -0.3 is 51.5 Å². The molecule has 109 heavy (non-hydrogen) atoms. The van der Waals surface area contributed by atoms with E-state index in [0.29, 0.717) is 94.3 Å². The van der Waals surface area contributed by atoms with Crippen molar-refractivity contribution in [2.75, 3.05) is 52.9 Å². The molecule has 0 aliphatic heterocycles. The van der Waals surface area contributed by atoms with E-state index in [2.05, 4.69) is 53.2 Å². The summed E-state index contributed by atoms with van der Waals surface area (Å²) in [6.45, 7) is 25.4. The van der Waals surface area contributed by atoms with Crippen LogP contribution in [0.5, 0.6) is 0 Å². The Balaban J connectivity index is 0.764. The summed E-state index contributed by atoms with van der Waals surface area (Å²) in [6, 6.07) is 1.95. The van der Waals surface area contributed by atoms with Crippen molar-refractivity contribution in [3.05, 3.63) is 25.3 Å². The SMILES string of the molecule is C=CC(=O)OCCCCCCOC1CCC(C(=O)OC2CCC(C3CCC4CC(OCCCCCC)CCC4C3)C(C(=O)OCCCC[Si](C)(C)O[Si](C)(C)CCCCOC(=O)C3CC(C4CCC5CC(OCCCCCC)CCC5C4)CCC3OC(=O)C3CCC(OCCCCCCOC(=O)C=C)CC3)C2)CC1. The Morgan fingerprint density at radius 1 is 0.312 bits per heavy atom. The molecule has 0 amide bonds. The highest BCUT2D eigenvalue weighted by Gasteiger charge is 2.48. The summed E-state index contributed by atoms with van der Waals surface area (Å²) >= 11 is 0. The largest absolute Gasteiger partial charge is 0.465 e. The molecule has 0 heterocycles. The van der Waals surface area contributed by atoms with Crippen molar-refractivity contribution < 1.29 is 80.3 Å². The van der Waals surface area contributed by atoms with E-state index >= 15 is 0 Å². The number of rotatable bonds is 50. The van der Waals surface area contributed by atoms with Crippen molar-refractivity contribution >= 4 is 52.5 Å². The van der Waals surface area contributed by atoms with Crippen LogP contribution >= 0.6 is 0 Å². The van der Waals surface area contributed by atoms with Gasteiger partial charge in [0.05, 0.1) is 74.5 Å². The molecular formula is C90H154O17Si2. The first-order chi connectivity index (χ1) is 52.8. The maximum absolute atomic E-state index is 14.6. The van der Waals surface area contributed by atoms with Gasteiger partial charge in [0.2, 0.25) is 0 Å². The second-order valence-electron chi connectivity index (χ2n) is 36.3.